The highest BCUT2D eigenvalue weighted by atomic mass is 31.2. The molecule has 0 aliphatic carbocycles. The summed E-state index contributed by atoms with van der Waals surface area (Å²) in [6.07, 6.45) is -6.46. The number of methoxy groups -OCH3 is 2. The molecule has 10 atom stereocenters. The van der Waals surface area contributed by atoms with Crippen molar-refractivity contribution in [1.82, 2.24) is 24.4 Å². The maximum atomic E-state index is 14.0. The molecule has 1 spiro atoms. The predicted octanol–water partition coefficient (Wildman–Crippen LogP) is -2.04. The smallest absolute Gasteiger partial charge is 0.387 e. The van der Waals surface area contributed by atoms with E-state index < -0.39 is 104 Å². The molecule has 3 aliphatic rings. The van der Waals surface area contributed by atoms with Crippen LogP contribution in [0.15, 0.2) is 43.7 Å². The lowest BCUT2D eigenvalue weighted by atomic mass is 9.93. The Labute approximate surface area is 253 Å². The van der Waals surface area contributed by atoms with Gasteiger partial charge in [0.2, 0.25) is 5.91 Å². The summed E-state index contributed by atoms with van der Waals surface area (Å²) in [5.41, 5.74) is -4.83. The van der Waals surface area contributed by atoms with Gasteiger partial charge in [-0.2, -0.15) is 0 Å². The Hall–Kier alpha value is -3.26. The van der Waals surface area contributed by atoms with Gasteiger partial charge >= 0.3 is 19.2 Å². The minimum absolute atomic E-state index is 0.172. The van der Waals surface area contributed by atoms with Crippen LogP contribution in [0.5, 0.6) is 0 Å². The minimum Gasteiger partial charge on any atom is -0.387 e. The number of fused-ring (bicyclic) bond motifs is 1. The molecule has 0 aromatic carbocycles. The van der Waals surface area contributed by atoms with Crippen LogP contribution < -0.4 is 27.8 Å². The molecule has 5 rings (SSSR count). The highest BCUT2D eigenvalue weighted by Crippen LogP contribution is 2.55. The van der Waals surface area contributed by atoms with Crippen LogP contribution in [-0.2, 0) is 41.9 Å². The average molecular weight is 660 g/mol. The molecule has 1 amide bonds. The highest BCUT2D eigenvalue weighted by molar-refractivity contribution is 7.48. The summed E-state index contributed by atoms with van der Waals surface area (Å²) in [6.45, 7) is 0.553. The highest BCUT2D eigenvalue weighted by Gasteiger charge is 2.59. The van der Waals surface area contributed by atoms with E-state index in [-0.39, 0.29) is 6.42 Å². The molecular weight excluding hydrogens is 625 g/mol. The van der Waals surface area contributed by atoms with Gasteiger partial charge in [-0.1, -0.05) is 6.92 Å². The van der Waals surface area contributed by atoms with E-state index in [1.165, 1.54) is 20.4 Å². The molecule has 3 fully saturated rings. The molecule has 3 aliphatic heterocycles. The van der Waals surface area contributed by atoms with Crippen molar-refractivity contribution in [3.8, 4) is 0 Å². The fourth-order valence-electron chi connectivity index (χ4n) is 5.77. The Kier molecular flexibility index (Phi) is 9.46. The Morgan fingerprint density at radius 3 is 2.09 bits per heavy atom. The third kappa shape index (κ3) is 6.27. The van der Waals surface area contributed by atoms with E-state index in [4.69, 9.17) is 32.5 Å². The number of hydrogen-bond acceptors (Lipinski definition) is 14. The number of aromatic amines is 2. The monoisotopic (exact) mass is 659 g/mol. The van der Waals surface area contributed by atoms with Crippen molar-refractivity contribution >= 4 is 13.7 Å². The van der Waals surface area contributed by atoms with Gasteiger partial charge in [0, 0.05) is 52.3 Å². The van der Waals surface area contributed by atoms with E-state index in [1.54, 1.807) is 6.92 Å². The Morgan fingerprint density at radius 2 is 1.53 bits per heavy atom. The third-order valence-corrected chi connectivity index (χ3v) is 9.50. The molecule has 5 heterocycles. The van der Waals surface area contributed by atoms with Crippen LogP contribution in [0.2, 0.25) is 0 Å². The number of H-pyrrole nitrogens is 2. The molecule has 4 N–H and O–H groups in total. The molecule has 2 aromatic heterocycles. The summed E-state index contributed by atoms with van der Waals surface area (Å²) in [4.78, 5) is 65.9. The molecule has 20 heteroatoms. The lowest BCUT2D eigenvalue weighted by Gasteiger charge is -2.35. The van der Waals surface area contributed by atoms with Gasteiger partial charge in [0.25, 0.3) is 11.1 Å². The van der Waals surface area contributed by atoms with E-state index in [0.717, 1.165) is 34.6 Å². The maximum Gasteiger partial charge on any atom is 0.475 e. The summed E-state index contributed by atoms with van der Waals surface area (Å²) in [5.74, 6) is -1.15. The van der Waals surface area contributed by atoms with E-state index in [1.807, 2.05) is 0 Å². The van der Waals surface area contributed by atoms with Crippen LogP contribution >= 0.6 is 7.82 Å². The number of hydrogen-bond donors (Lipinski definition) is 4. The van der Waals surface area contributed by atoms with Gasteiger partial charge in [0.15, 0.2) is 12.5 Å². The number of aliphatic hydroxyl groups is 1. The molecule has 0 saturated carbocycles. The van der Waals surface area contributed by atoms with Gasteiger partial charge in [-0.05, 0) is 5.92 Å². The van der Waals surface area contributed by atoms with Crippen molar-refractivity contribution in [2.75, 3.05) is 34.5 Å². The number of aliphatic hydroxyl groups excluding tert-OH is 1. The van der Waals surface area contributed by atoms with Gasteiger partial charge in [-0.3, -0.25) is 47.1 Å². The second kappa shape index (κ2) is 12.9. The molecule has 0 bridgehead atoms. The minimum atomic E-state index is -4.55. The van der Waals surface area contributed by atoms with E-state index in [9.17, 15) is 33.6 Å². The quantitative estimate of drug-likeness (QED) is 0.253. The van der Waals surface area contributed by atoms with Crippen molar-refractivity contribution in [2.24, 2.45) is 5.92 Å². The average Bonchev–Trinajstić information content (AvgIpc) is 3.48. The topological polar surface area (TPSA) is 241 Å². The first-order valence-corrected chi connectivity index (χ1v) is 15.3. The lowest BCUT2D eigenvalue weighted by molar-refractivity contribution is -0.139. The van der Waals surface area contributed by atoms with Crippen molar-refractivity contribution < 1.29 is 47.0 Å². The molecule has 3 saturated heterocycles. The number of nitrogens with one attached hydrogen (secondary N) is 3. The predicted molar refractivity (Wildman–Crippen MR) is 149 cm³/mol. The second-order valence-corrected chi connectivity index (χ2v) is 12.6. The zero-order chi connectivity index (χ0) is 32.7. The van der Waals surface area contributed by atoms with Gasteiger partial charge in [-0.25, -0.2) is 14.2 Å². The number of amides is 1. The number of ether oxygens (including phenoxy) is 4. The zero-order valence-electron chi connectivity index (χ0n) is 24.6. The normalized spacial score (nSPS) is 37.5. The largest absolute Gasteiger partial charge is 0.475 e. The Bertz CT molecular complexity index is 1690. The van der Waals surface area contributed by atoms with Crippen molar-refractivity contribution in [3.63, 3.8) is 0 Å². The Morgan fingerprint density at radius 1 is 0.933 bits per heavy atom. The number of nitrogens with zero attached hydrogens (tertiary/aromatic N) is 2. The molecule has 248 valence electrons. The molecule has 1 unspecified atom stereocenters. The summed E-state index contributed by atoms with van der Waals surface area (Å²) in [6, 6.07) is 2.18. The maximum absolute atomic E-state index is 14.0. The van der Waals surface area contributed by atoms with E-state index >= 15 is 0 Å². The number of carbonyl (C=O) groups is 1. The zero-order valence-corrected chi connectivity index (χ0v) is 25.5. The number of rotatable bonds is 5. The molecule has 45 heavy (non-hydrogen) atoms. The van der Waals surface area contributed by atoms with Gasteiger partial charge < -0.3 is 29.4 Å². The first-order valence-electron chi connectivity index (χ1n) is 13.8. The molecule has 0 radical (unpaired) electrons. The van der Waals surface area contributed by atoms with Crippen LogP contribution in [0.4, 0.5) is 0 Å². The molecule has 19 nitrogen and oxygen atoms in total. The summed E-state index contributed by atoms with van der Waals surface area (Å²) in [5, 5.41) is 14.1. The number of aromatic nitrogens is 4. The fourth-order valence-corrected chi connectivity index (χ4v) is 6.94. The Balaban J connectivity index is 1.51. The lowest BCUT2D eigenvalue weighted by Crippen LogP contribution is -2.55. The summed E-state index contributed by atoms with van der Waals surface area (Å²) >= 11 is 0. The molecular formula is C25H34N5O14P. The number of phosphoric ester groups is 1. The number of phosphoric acid groups is 1. The van der Waals surface area contributed by atoms with Crippen molar-refractivity contribution in [2.45, 2.75) is 61.9 Å². The third-order valence-electron chi connectivity index (χ3n) is 8.10. The molecule has 2 aromatic rings. The fraction of sp³-hybridized carbons (Fsp3) is 0.640. The van der Waals surface area contributed by atoms with Gasteiger partial charge in [0.05, 0.1) is 19.3 Å². The first kappa shape index (κ1) is 33.1. The first-order chi connectivity index (χ1) is 21.3. The van der Waals surface area contributed by atoms with Crippen molar-refractivity contribution in [1.29, 1.82) is 0 Å². The van der Waals surface area contributed by atoms with Crippen LogP contribution in [0.1, 0.15) is 25.8 Å². The SMILES string of the molecule is CO[C@@H]1[C@@H]2OP(=O)(OC)OC[C@@]3(CNC(=O)C[C@H](C)[C@H]2O[C@H]1n1ccc(=O)[nH]c1=O)O[C@@H](n1ccc(=O)[nH]c1=O)[C@H](OC)[C@@H]3O. The van der Waals surface area contributed by atoms with Crippen LogP contribution in [0, 0.1) is 5.92 Å². The second-order valence-electron chi connectivity index (χ2n) is 10.9. The van der Waals surface area contributed by atoms with Gasteiger partial charge in [-0.15, -0.1) is 0 Å². The van der Waals surface area contributed by atoms with Gasteiger partial charge in [0.1, 0.15) is 30.0 Å². The van der Waals surface area contributed by atoms with Crippen LogP contribution in [0.25, 0.3) is 0 Å². The van der Waals surface area contributed by atoms with Crippen molar-refractivity contribution in [3.05, 3.63) is 66.2 Å². The number of carbonyl (C=O) groups excluding carboxylic acids is 1. The van der Waals surface area contributed by atoms with E-state index in [2.05, 4.69) is 15.3 Å². The summed E-state index contributed by atoms with van der Waals surface area (Å²) in [7, 11) is -0.928. The standard InChI is InChI=1S/C25H34N5O14P/c1-12-9-15(33)26-10-25(20(34)19(39-3)22(43-25)30-8-6-14(32)28-24(30)36)11-41-45(37,40-4)44-17-16(12)42-21(18(17)38-2)29-7-5-13(31)27-23(29)35/h5-8,12,16-22,34H,9-11H2,1-4H3,(H,26,33)(H,27,31,35)(H,28,32,36)/t12-,16+,17+,18+,19+,20-,21+,22+,25+,45?/m0/s1. The van der Waals surface area contributed by atoms with Crippen LogP contribution in [-0.4, -0.2) is 101 Å². The summed E-state index contributed by atoms with van der Waals surface area (Å²) < 4.78 is 56.2. The van der Waals surface area contributed by atoms with E-state index in [0.29, 0.717) is 0 Å². The van der Waals surface area contributed by atoms with Crippen LogP contribution in [0.3, 0.4) is 0 Å².